The predicted octanol–water partition coefficient (Wildman–Crippen LogP) is 3.25. The molecular formula is C20H24N2O2. The lowest BCUT2D eigenvalue weighted by Gasteiger charge is -2.39. The molecule has 0 radical (unpaired) electrons. The van der Waals surface area contributed by atoms with Gasteiger partial charge in [0.15, 0.2) is 0 Å². The van der Waals surface area contributed by atoms with E-state index in [9.17, 15) is 9.90 Å². The van der Waals surface area contributed by atoms with Crippen LogP contribution in [-0.2, 0) is 4.79 Å². The monoisotopic (exact) mass is 324 g/mol. The largest absolute Gasteiger partial charge is 0.480 e. The highest BCUT2D eigenvalue weighted by Gasteiger charge is 2.30. The molecule has 1 unspecified atom stereocenters. The maximum atomic E-state index is 11.8. The number of rotatable bonds is 4. The Morgan fingerprint density at radius 3 is 2.21 bits per heavy atom. The summed E-state index contributed by atoms with van der Waals surface area (Å²) in [6.45, 7) is 7.44. The van der Waals surface area contributed by atoms with Gasteiger partial charge < -0.3 is 10.0 Å². The zero-order chi connectivity index (χ0) is 17.1. The number of piperazine rings is 1. The SMILES string of the molecule is Cc1ccc(N2CCN(C(C(=O)O)c3ccccc3)CC2)cc1C. The second-order valence-electron chi connectivity index (χ2n) is 6.44. The first-order valence-electron chi connectivity index (χ1n) is 8.40. The molecule has 24 heavy (non-hydrogen) atoms. The minimum absolute atomic E-state index is 0.562. The van der Waals surface area contributed by atoms with Crippen molar-refractivity contribution in [1.29, 1.82) is 0 Å². The Balaban J connectivity index is 1.71. The Hall–Kier alpha value is -2.33. The lowest BCUT2D eigenvalue weighted by Crippen LogP contribution is -2.49. The van der Waals surface area contributed by atoms with Gasteiger partial charge in [0.25, 0.3) is 0 Å². The first-order valence-corrected chi connectivity index (χ1v) is 8.40. The highest BCUT2D eigenvalue weighted by Crippen LogP contribution is 2.25. The third-order valence-corrected chi connectivity index (χ3v) is 4.88. The third kappa shape index (κ3) is 3.44. The van der Waals surface area contributed by atoms with Crippen LogP contribution in [0.2, 0.25) is 0 Å². The highest BCUT2D eigenvalue weighted by molar-refractivity contribution is 5.75. The fraction of sp³-hybridized carbons (Fsp3) is 0.350. The number of aliphatic carboxylic acids is 1. The molecule has 0 aliphatic carbocycles. The minimum Gasteiger partial charge on any atom is -0.480 e. The molecule has 0 aromatic heterocycles. The normalized spacial score (nSPS) is 16.8. The molecule has 2 aromatic carbocycles. The van der Waals surface area contributed by atoms with Crippen LogP contribution < -0.4 is 4.90 Å². The molecule has 4 heteroatoms. The van der Waals surface area contributed by atoms with Crippen LogP contribution in [0.25, 0.3) is 0 Å². The fourth-order valence-electron chi connectivity index (χ4n) is 3.31. The first-order chi connectivity index (χ1) is 11.6. The molecule has 0 saturated carbocycles. The van der Waals surface area contributed by atoms with Gasteiger partial charge in [0.05, 0.1) is 0 Å². The number of hydrogen-bond acceptors (Lipinski definition) is 3. The number of carboxylic acids is 1. The standard InChI is InChI=1S/C20H24N2O2/c1-15-8-9-18(14-16(15)2)21-10-12-22(13-11-21)19(20(23)24)17-6-4-3-5-7-17/h3-9,14,19H,10-13H2,1-2H3,(H,23,24). The van der Waals surface area contributed by atoms with Crippen molar-refractivity contribution in [2.24, 2.45) is 0 Å². The molecule has 2 aromatic rings. The van der Waals surface area contributed by atoms with Crippen molar-refractivity contribution >= 4 is 11.7 Å². The van der Waals surface area contributed by atoms with Gasteiger partial charge in [-0.3, -0.25) is 9.69 Å². The molecule has 1 fully saturated rings. The van der Waals surface area contributed by atoms with E-state index < -0.39 is 12.0 Å². The van der Waals surface area contributed by atoms with Crippen LogP contribution in [0.15, 0.2) is 48.5 Å². The minimum atomic E-state index is -0.777. The highest BCUT2D eigenvalue weighted by atomic mass is 16.4. The third-order valence-electron chi connectivity index (χ3n) is 4.88. The van der Waals surface area contributed by atoms with Crippen molar-refractivity contribution in [3.63, 3.8) is 0 Å². The number of carboxylic acid groups (broad SMARTS) is 1. The van der Waals surface area contributed by atoms with E-state index in [2.05, 4.69) is 41.8 Å². The van der Waals surface area contributed by atoms with E-state index in [0.29, 0.717) is 0 Å². The number of aryl methyl sites for hydroxylation is 2. The van der Waals surface area contributed by atoms with E-state index in [1.807, 2.05) is 30.3 Å². The Morgan fingerprint density at radius 2 is 1.62 bits per heavy atom. The van der Waals surface area contributed by atoms with Gasteiger partial charge >= 0.3 is 5.97 Å². The molecule has 0 amide bonds. The molecule has 1 saturated heterocycles. The van der Waals surface area contributed by atoms with E-state index in [1.165, 1.54) is 16.8 Å². The molecule has 1 N–H and O–H groups in total. The summed E-state index contributed by atoms with van der Waals surface area (Å²) in [7, 11) is 0. The van der Waals surface area contributed by atoms with Gasteiger partial charge in [-0.25, -0.2) is 0 Å². The van der Waals surface area contributed by atoms with Gasteiger partial charge in [-0.05, 0) is 42.7 Å². The molecule has 3 rings (SSSR count). The second kappa shape index (κ2) is 7.05. The van der Waals surface area contributed by atoms with E-state index in [-0.39, 0.29) is 0 Å². The summed E-state index contributed by atoms with van der Waals surface area (Å²) in [6.07, 6.45) is 0. The van der Waals surface area contributed by atoms with E-state index in [4.69, 9.17) is 0 Å². The quantitative estimate of drug-likeness (QED) is 0.937. The van der Waals surface area contributed by atoms with Gasteiger partial charge in [-0.1, -0.05) is 36.4 Å². The molecule has 126 valence electrons. The number of anilines is 1. The topological polar surface area (TPSA) is 43.8 Å². The summed E-state index contributed by atoms with van der Waals surface area (Å²) in [4.78, 5) is 16.2. The van der Waals surface area contributed by atoms with Crippen molar-refractivity contribution in [1.82, 2.24) is 4.90 Å². The lowest BCUT2D eigenvalue weighted by molar-refractivity contribution is -0.143. The fourth-order valence-corrected chi connectivity index (χ4v) is 3.31. The number of nitrogens with zero attached hydrogens (tertiary/aromatic N) is 2. The average Bonchev–Trinajstić information content (AvgIpc) is 2.59. The van der Waals surface area contributed by atoms with E-state index >= 15 is 0 Å². The molecule has 0 bridgehead atoms. The maximum Gasteiger partial charge on any atom is 0.325 e. The first kappa shape index (κ1) is 16.5. The van der Waals surface area contributed by atoms with Gasteiger partial charge in [-0.15, -0.1) is 0 Å². The lowest BCUT2D eigenvalue weighted by atomic mass is 10.0. The van der Waals surface area contributed by atoms with Gasteiger partial charge in [-0.2, -0.15) is 0 Å². The van der Waals surface area contributed by atoms with Crippen LogP contribution in [0, 0.1) is 13.8 Å². The molecule has 1 heterocycles. The number of hydrogen-bond donors (Lipinski definition) is 1. The van der Waals surface area contributed by atoms with Gasteiger partial charge in [0.1, 0.15) is 6.04 Å². The summed E-state index contributed by atoms with van der Waals surface area (Å²) in [6, 6.07) is 15.5. The summed E-state index contributed by atoms with van der Waals surface area (Å²) < 4.78 is 0. The zero-order valence-electron chi connectivity index (χ0n) is 14.3. The van der Waals surface area contributed by atoms with Crippen LogP contribution in [0.4, 0.5) is 5.69 Å². The Labute approximate surface area is 143 Å². The molecule has 1 aliphatic heterocycles. The van der Waals surface area contributed by atoms with Crippen LogP contribution in [0.1, 0.15) is 22.7 Å². The molecule has 0 spiro atoms. The van der Waals surface area contributed by atoms with Gasteiger partial charge in [0, 0.05) is 31.9 Å². The van der Waals surface area contributed by atoms with E-state index in [0.717, 1.165) is 31.7 Å². The van der Waals surface area contributed by atoms with Crippen molar-refractivity contribution < 1.29 is 9.90 Å². The molecule has 4 nitrogen and oxygen atoms in total. The predicted molar refractivity (Wildman–Crippen MR) is 96.5 cm³/mol. The van der Waals surface area contributed by atoms with Crippen LogP contribution in [0.5, 0.6) is 0 Å². The Bertz CT molecular complexity index is 707. The Kier molecular flexibility index (Phi) is 4.86. The number of benzene rings is 2. The number of carbonyl (C=O) groups is 1. The molecular weight excluding hydrogens is 300 g/mol. The van der Waals surface area contributed by atoms with Gasteiger partial charge in [0.2, 0.25) is 0 Å². The smallest absolute Gasteiger partial charge is 0.325 e. The van der Waals surface area contributed by atoms with Crippen LogP contribution >= 0.6 is 0 Å². The summed E-state index contributed by atoms with van der Waals surface area (Å²) >= 11 is 0. The van der Waals surface area contributed by atoms with Crippen molar-refractivity contribution in [3.05, 3.63) is 65.2 Å². The Morgan fingerprint density at radius 1 is 0.958 bits per heavy atom. The average molecular weight is 324 g/mol. The second-order valence-corrected chi connectivity index (χ2v) is 6.44. The summed E-state index contributed by atoms with van der Waals surface area (Å²) in [5, 5.41) is 9.67. The maximum absolute atomic E-state index is 11.8. The zero-order valence-corrected chi connectivity index (χ0v) is 14.3. The summed E-state index contributed by atoms with van der Waals surface area (Å²) in [5.74, 6) is -0.777. The van der Waals surface area contributed by atoms with Crippen molar-refractivity contribution in [2.45, 2.75) is 19.9 Å². The molecule has 1 aliphatic rings. The molecule has 1 atom stereocenters. The van der Waals surface area contributed by atoms with Crippen LogP contribution in [-0.4, -0.2) is 42.2 Å². The van der Waals surface area contributed by atoms with Crippen molar-refractivity contribution in [3.8, 4) is 0 Å². The van der Waals surface area contributed by atoms with E-state index in [1.54, 1.807) is 0 Å². The van der Waals surface area contributed by atoms with Crippen LogP contribution in [0.3, 0.4) is 0 Å². The van der Waals surface area contributed by atoms with Crippen molar-refractivity contribution in [2.75, 3.05) is 31.1 Å². The summed E-state index contributed by atoms with van der Waals surface area (Å²) in [5.41, 5.74) is 4.67.